The van der Waals surface area contributed by atoms with Gasteiger partial charge in [0.25, 0.3) is 6.08 Å². The molecule has 0 spiro atoms. The lowest BCUT2D eigenvalue weighted by Gasteiger charge is -1.92. The fourth-order valence-corrected chi connectivity index (χ4v) is 4.20. The minimum Gasteiger partial charge on any atom is -0.234 e. The Bertz CT molecular complexity index is 521. The highest BCUT2D eigenvalue weighted by molar-refractivity contribution is 8.01. The topological polar surface area (TPSA) is 73.0 Å². The van der Waals surface area contributed by atoms with Crippen LogP contribution in [-0.4, -0.2) is 19.2 Å². The molecule has 0 atom stereocenters. The molecule has 9 heteroatoms. The largest absolute Gasteiger partial charge is 0.266 e. The van der Waals surface area contributed by atoms with Gasteiger partial charge in [-0.2, -0.15) is 8.78 Å². The first-order valence-corrected chi connectivity index (χ1v) is 7.79. The van der Waals surface area contributed by atoms with Gasteiger partial charge in [-0.3, -0.25) is 0 Å². The van der Waals surface area contributed by atoms with Crippen LogP contribution in [0.5, 0.6) is 0 Å². The minimum absolute atomic E-state index is 0.0206. The summed E-state index contributed by atoms with van der Waals surface area (Å²) in [5, 5.41) is 4.99. The molecule has 4 nitrogen and oxygen atoms in total. The van der Waals surface area contributed by atoms with Crippen molar-refractivity contribution in [3.05, 3.63) is 17.9 Å². The van der Waals surface area contributed by atoms with Gasteiger partial charge in [0.2, 0.25) is 10.0 Å². The Morgan fingerprint density at radius 2 is 2.24 bits per heavy atom. The minimum atomic E-state index is -3.75. The number of nitrogens with two attached hydrogens (primary N) is 1. The van der Waals surface area contributed by atoms with Crippen molar-refractivity contribution >= 4 is 33.1 Å². The van der Waals surface area contributed by atoms with E-state index in [4.69, 9.17) is 5.14 Å². The fourth-order valence-electron chi connectivity index (χ4n) is 0.999. The predicted molar refractivity (Wildman–Crippen MR) is 63.9 cm³/mol. The second-order valence-corrected chi connectivity index (χ2v) is 7.13. The Kier molecular flexibility index (Phi) is 5.04. The number of hydrogen-bond acceptors (Lipinski definition) is 5. The molecular formula is C8H10F2N2O2S3. The smallest absolute Gasteiger partial charge is 0.234 e. The van der Waals surface area contributed by atoms with Gasteiger partial charge < -0.3 is 0 Å². The van der Waals surface area contributed by atoms with Crippen molar-refractivity contribution in [1.29, 1.82) is 0 Å². The number of rotatable bonds is 5. The Hall–Kier alpha value is -0.510. The number of thiazole rings is 1. The lowest BCUT2D eigenvalue weighted by atomic mass is 10.5. The lowest BCUT2D eigenvalue weighted by molar-refractivity contribution is 0.418. The summed E-state index contributed by atoms with van der Waals surface area (Å²) in [6, 6.07) is 0. The van der Waals surface area contributed by atoms with Gasteiger partial charge in [-0.1, -0.05) is 23.1 Å². The number of aromatic nitrogens is 1. The van der Waals surface area contributed by atoms with Crippen molar-refractivity contribution in [3.8, 4) is 0 Å². The molecular weight excluding hydrogens is 290 g/mol. The fraction of sp³-hybridized carbons (Fsp3) is 0.375. The zero-order valence-corrected chi connectivity index (χ0v) is 11.3. The SMILES string of the molecule is Cc1nc(SCCC=C(F)F)sc1S(N)(=O)=O. The van der Waals surface area contributed by atoms with Gasteiger partial charge in [-0.25, -0.2) is 18.5 Å². The second kappa shape index (κ2) is 5.89. The highest BCUT2D eigenvalue weighted by Gasteiger charge is 2.17. The summed E-state index contributed by atoms with van der Waals surface area (Å²) in [7, 11) is -3.75. The van der Waals surface area contributed by atoms with E-state index in [2.05, 4.69) is 4.98 Å². The van der Waals surface area contributed by atoms with E-state index in [1.54, 1.807) is 6.92 Å². The molecule has 0 fully saturated rings. The Labute approximate surface area is 106 Å². The van der Waals surface area contributed by atoms with E-state index in [1.807, 2.05) is 0 Å². The molecule has 0 saturated carbocycles. The molecule has 2 N–H and O–H groups in total. The maximum atomic E-state index is 11.7. The third-order valence-corrected chi connectivity index (χ3v) is 5.52. The van der Waals surface area contributed by atoms with Gasteiger partial charge in [0.05, 0.1) is 5.69 Å². The molecule has 1 heterocycles. The Morgan fingerprint density at radius 3 is 2.71 bits per heavy atom. The number of sulfonamides is 1. The first kappa shape index (κ1) is 14.6. The van der Waals surface area contributed by atoms with Gasteiger partial charge >= 0.3 is 0 Å². The Balaban J connectivity index is 2.66. The van der Waals surface area contributed by atoms with E-state index in [-0.39, 0.29) is 10.6 Å². The van der Waals surface area contributed by atoms with Crippen molar-refractivity contribution in [2.45, 2.75) is 21.9 Å². The first-order valence-electron chi connectivity index (χ1n) is 4.45. The third kappa shape index (κ3) is 4.70. The highest BCUT2D eigenvalue weighted by Crippen LogP contribution is 2.30. The first-order chi connectivity index (χ1) is 7.80. The number of allylic oxidation sites excluding steroid dienone is 1. The normalized spacial score (nSPS) is 11.5. The molecule has 1 aromatic rings. The van der Waals surface area contributed by atoms with E-state index in [0.717, 1.165) is 17.4 Å². The van der Waals surface area contributed by atoms with Crippen molar-refractivity contribution in [3.63, 3.8) is 0 Å². The molecule has 0 aliphatic rings. The summed E-state index contributed by atoms with van der Waals surface area (Å²) in [5.41, 5.74) is 0.340. The number of primary sulfonamides is 1. The monoisotopic (exact) mass is 300 g/mol. The van der Waals surface area contributed by atoms with Crippen LogP contribution in [-0.2, 0) is 10.0 Å². The molecule has 0 amide bonds. The summed E-state index contributed by atoms with van der Waals surface area (Å²) in [6.45, 7) is 1.54. The van der Waals surface area contributed by atoms with E-state index >= 15 is 0 Å². The van der Waals surface area contributed by atoms with Crippen LogP contribution in [0.2, 0.25) is 0 Å². The molecule has 0 aliphatic carbocycles. The molecule has 1 aromatic heterocycles. The van der Waals surface area contributed by atoms with Crippen LogP contribution in [0.1, 0.15) is 12.1 Å². The zero-order chi connectivity index (χ0) is 13.1. The van der Waals surface area contributed by atoms with Gasteiger partial charge in [-0.15, -0.1) is 0 Å². The van der Waals surface area contributed by atoms with Crippen molar-refractivity contribution in [1.82, 2.24) is 4.98 Å². The van der Waals surface area contributed by atoms with Crippen molar-refractivity contribution in [2.24, 2.45) is 5.14 Å². The number of hydrogen-bond donors (Lipinski definition) is 1. The highest BCUT2D eigenvalue weighted by atomic mass is 32.3. The van der Waals surface area contributed by atoms with Crippen LogP contribution in [0.4, 0.5) is 8.78 Å². The van der Waals surface area contributed by atoms with Crippen molar-refractivity contribution < 1.29 is 17.2 Å². The standard InChI is InChI=1S/C8H10F2N2O2S3/c1-5-7(17(11,13)14)16-8(12-5)15-4-2-3-6(9)10/h3H,2,4H2,1H3,(H2,11,13,14). The van der Waals surface area contributed by atoms with Gasteiger partial charge in [0.1, 0.15) is 0 Å². The van der Waals surface area contributed by atoms with Gasteiger partial charge in [0.15, 0.2) is 8.55 Å². The van der Waals surface area contributed by atoms with Crippen LogP contribution >= 0.6 is 23.1 Å². The maximum Gasteiger partial charge on any atom is 0.266 e. The summed E-state index contributed by atoms with van der Waals surface area (Å²) in [5.74, 6) is 0.411. The van der Waals surface area contributed by atoms with Gasteiger partial charge in [-0.05, 0) is 19.4 Å². The lowest BCUT2D eigenvalue weighted by Crippen LogP contribution is -2.11. The van der Waals surface area contributed by atoms with Crippen LogP contribution in [0.15, 0.2) is 20.7 Å². The quantitative estimate of drug-likeness (QED) is 0.669. The number of halogens is 2. The molecule has 0 bridgehead atoms. The van der Waals surface area contributed by atoms with E-state index in [1.165, 1.54) is 11.8 Å². The molecule has 96 valence electrons. The maximum absolute atomic E-state index is 11.7. The zero-order valence-electron chi connectivity index (χ0n) is 8.81. The molecule has 0 aliphatic heterocycles. The molecule has 0 unspecified atom stereocenters. The number of aryl methyl sites for hydroxylation is 1. The van der Waals surface area contributed by atoms with E-state index in [9.17, 15) is 17.2 Å². The number of nitrogens with zero attached hydrogens (tertiary/aromatic N) is 1. The number of thioether (sulfide) groups is 1. The molecule has 0 saturated heterocycles. The molecule has 0 aromatic carbocycles. The average Bonchev–Trinajstić information content (AvgIpc) is 2.53. The summed E-state index contributed by atoms with van der Waals surface area (Å²) in [4.78, 5) is 4.01. The molecule has 17 heavy (non-hydrogen) atoms. The molecule has 0 radical (unpaired) electrons. The third-order valence-electron chi connectivity index (χ3n) is 1.63. The van der Waals surface area contributed by atoms with Crippen LogP contribution in [0.3, 0.4) is 0 Å². The van der Waals surface area contributed by atoms with E-state index in [0.29, 0.717) is 15.8 Å². The van der Waals surface area contributed by atoms with Crippen LogP contribution < -0.4 is 5.14 Å². The van der Waals surface area contributed by atoms with E-state index < -0.39 is 16.1 Å². The van der Waals surface area contributed by atoms with Crippen molar-refractivity contribution in [2.75, 3.05) is 5.75 Å². The summed E-state index contributed by atoms with van der Waals surface area (Å²) < 4.78 is 46.2. The average molecular weight is 300 g/mol. The summed E-state index contributed by atoms with van der Waals surface area (Å²) >= 11 is 2.18. The second-order valence-electron chi connectivity index (χ2n) is 3.03. The predicted octanol–water partition coefficient (Wildman–Crippen LogP) is 2.36. The summed E-state index contributed by atoms with van der Waals surface area (Å²) in [6.07, 6.45) is -0.698. The Morgan fingerprint density at radius 1 is 1.59 bits per heavy atom. The molecule has 1 rings (SSSR count). The van der Waals surface area contributed by atoms with Crippen LogP contribution in [0, 0.1) is 6.92 Å². The van der Waals surface area contributed by atoms with Crippen LogP contribution in [0.25, 0.3) is 0 Å². The van der Waals surface area contributed by atoms with Gasteiger partial charge in [0, 0.05) is 5.75 Å².